The van der Waals surface area contributed by atoms with Crippen molar-refractivity contribution in [2.24, 2.45) is 5.92 Å². The topological polar surface area (TPSA) is 0 Å². The molecule has 0 saturated heterocycles. The molecule has 72 valence electrons. The van der Waals surface area contributed by atoms with Crippen LogP contribution in [0.1, 0.15) is 18.9 Å². The Morgan fingerprint density at radius 1 is 1.36 bits per heavy atom. The Morgan fingerprint density at radius 2 is 2.21 bits per heavy atom. The lowest BCUT2D eigenvalue weighted by atomic mass is 9.88. The Bertz CT molecular complexity index is 388. The second-order valence-corrected chi connectivity index (χ2v) is 3.70. The third kappa shape index (κ3) is 1.77. The molecule has 0 radical (unpaired) electrons. The zero-order valence-electron chi connectivity index (χ0n) is 8.20. The molecule has 0 nitrogen and oxygen atoms in total. The summed E-state index contributed by atoms with van der Waals surface area (Å²) in [6, 6.07) is 6.80. The molecule has 0 bridgehead atoms. The molecule has 0 N–H and O–H groups in total. The molecule has 1 unspecified atom stereocenters. The summed E-state index contributed by atoms with van der Waals surface area (Å²) in [6.45, 7) is 2.17. The molecule has 0 heterocycles. The first-order valence-electron chi connectivity index (χ1n) is 4.90. The van der Waals surface area contributed by atoms with Crippen LogP contribution in [0.5, 0.6) is 0 Å². The summed E-state index contributed by atoms with van der Waals surface area (Å²) in [6.07, 6.45) is 7.30. The normalized spacial score (nSPS) is 20.7. The average molecular weight is 188 g/mol. The van der Waals surface area contributed by atoms with E-state index in [1.165, 1.54) is 11.6 Å². The van der Waals surface area contributed by atoms with Crippen LogP contribution < -0.4 is 0 Å². The number of allylic oxidation sites excluding steroid dienone is 4. The van der Waals surface area contributed by atoms with E-state index in [0.717, 1.165) is 12.0 Å². The lowest BCUT2D eigenvalue weighted by molar-refractivity contribution is 0.626. The average Bonchev–Trinajstić information content (AvgIpc) is 2.18. The smallest absolute Gasteiger partial charge is 0.123 e. The van der Waals surface area contributed by atoms with Crippen molar-refractivity contribution in [2.75, 3.05) is 0 Å². The number of rotatable bonds is 1. The van der Waals surface area contributed by atoms with E-state index < -0.39 is 0 Å². The van der Waals surface area contributed by atoms with Crippen LogP contribution in [0.25, 0.3) is 5.57 Å². The van der Waals surface area contributed by atoms with Gasteiger partial charge in [-0.05, 0) is 35.6 Å². The number of hydrogen-bond donors (Lipinski definition) is 0. The fourth-order valence-electron chi connectivity index (χ4n) is 1.79. The summed E-state index contributed by atoms with van der Waals surface area (Å²) in [5.41, 5.74) is 2.23. The first-order valence-corrected chi connectivity index (χ1v) is 4.90. The van der Waals surface area contributed by atoms with Gasteiger partial charge in [-0.15, -0.1) is 0 Å². The van der Waals surface area contributed by atoms with Crippen molar-refractivity contribution >= 4 is 5.57 Å². The minimum absolute atomic E-state index is 0.162. The lowest BCUT2D eigenvalue weighted by Crippen LogP contribution is -2.00. The molecule has 0 aromatic heterocycles. The fourth-order valence-corrected chi connectivity index (χ4v) is 1.79. The van der Waals surface area contributed by atoms with Crippen LogP contribution in [0, 0.1) is 11.7 Å². The maximum absolute atomic E-state index is 13.0. The van der Waals surface area contributed by atoms with Crippen molar-refractivity contribution in [3.63, 3.8) is 0 Å². The third-order valence-corrected chi connectivity index (χ3v) is 2.59. The van der Waals surface area contributed by atoms with Gasteiger partial charge in [0.05, 0.1) is 0 Å². The van der Waals surface area contributed by atoms with E-state index in [2.05, 4.69) is 19.1 Å². The molecular weight excluding hydrogens is 175 g/mol. The second-order valence-electron chi connectivity index (χ2n) is 3.70. The zero-order chi connectivity index (χ0) is 9.97. The predicted octanol–water partition coefficient (Wildman–Crippen LogP) is 3.81. The minimum Gasteiger partial charge on any atom is -0.207 e. The van der Waals surface area contributed by atoms with Crippen molar-refractivity contribution in [1.29, 1.82) is 0 Å². The highest BCUT2D eigenvalue weighted by Crippen LogP contribution is 2.29. The van der Waals surface area contributed by atoms with Gasteiger partial charge in [0.2, 0.25) is 0 Å². The van der Waals surface area contributed by atoms with Gasteiger partial charge in [0, 0.05) is 0 Å². The monoisotopic (exact) mass is 188 g/mol. The second kappa shape index (κ2) is 3.79. The van der Waals surface area contributed by atoms with Gasteiger partial charge >= 0.3 is 0 Å². The lowest BCUT2D eigenvalue weighted by Gasteiger charge is -2.17. The van der Waals surface area contributed by atoms with Gasteiger partial charge in [-0.1, -0.05) is 37.3 Å². The molecule has 1 aliphatic carbocycles. The van der Waals surface area contributed by atoms with Gasteiger partial charge in [-0.25, -0.2) is 4.39 Å². The Balaban J connectivity index is 2.39. The first kappa shape index (κ1) is 9.20. The van der Waals surface area contributed by atoms with Crippen LogP contribution in [0.4, 0.5) is 4.39 Å². The van der Waals surface area contributed by atoms with Gasteiger partial charge < -0.3 is 0 Å². The molecule has 0 fully saturated rings. The minimum atomic E-state index is -0.162. The van der Waals surface area contributed by atoms with E-state index in [1.54, 1.807) is 12.1 Å². The summed E-state index contributed by atoms with van der Waals surface area (Å²) in [7, 11) is 0. The predicted molar refractivity (Wildman–Crippen MR) is 57.3 cm³/mol. The third-order valence-electron chi connectivity index (χ3n) is 2.59. The van der Waals surface area contributed by atoms with Crippen LogP contribution >= 0.6 is 0 Å². The SMILES string of the molecule is CC1CC=CC=C1c1cccc(F)c1. The van der Waals surface area contributed by atoms with E-state index >= 15 is 0 Å². The molecule has 1 aromatic carbocycles. The Morgan fingerprint density at radius 3 is 2.93 bits per heavy atom. The van der Waals surface area contributed by atoms with Gasteiger partial charge in [-0.3, -0.25) is 0 Å². The van der Waals surface area contributed by atoms with E-state index in [9.17, 15) is 4.39 Å². The van der Waals surface area contributed by atoms with Crippen LogP contribution in [0.15, 0.2) is 42.5 Å². The van der Waals surface area contributed by atoms with Crippen LogP contribution in [-0.2, 0) is 0 Å². The van der Waals surface area contributed by atoms with E-state index in [4.69, 9.17) is 0 Å². The molecule has 1 heteroatoms. The molecule has 1 aromatic rings. The molecule has 0 spiro atoms. The van der Waals surface area contributed by atoms with Crippen LogP contribution in [0.3, 0.4) is 0 Å². The molecule has 0 amide bonds. The molecule has 1 aliphatic rings. The van der Waals surface area contributed by atoms with Crippen LogP contribution in [0.2, 0.25) is 0 Å². The van der Waals surface area contributed by atoms with Crippen molar-refractivity contribution in [2.45, 2.75) is 13.3 Å². The summed E-state index contributed by atoms with van der Waals surface area (Å²) in [4.78, 5) is 0. The van der Waals surface area contributed by atoms with Crippen molar-refractivity contribution in [3.05, 3.63) is 53.9 Å². The molecular formula is C13H13F. The fraction of sp³-hybridized carbons (Fsp3) is 0.231. The van der Waals surface area contributed by atoms with Gasteiger partial charge in [0.25, 0.3) is 0 Å². The Kier molecular flexibility index (Phi) is 2.49. The van der Waals surface area contributed by atoms with E-state index in [0.29, 0.717) is 5.92 Å². The molecule has 1 atom stereocenters. The van der Waals surface area contributed by atoms with Crippen molar-refractivity contribution in [3.8, 4) is 0 Å². The van der Waals surface area contributed by atoms with Gasteiger partial charge in [0.1, 0.15) is 5.82 Å². The first-order chi connectivity index (χ1) is 6.77. The Labute approximate surface area is 83.8 Å². The van der Waals surface area contributed by atoms with Crippen LogP contribution in [-0.4, -0.2) is 0 Å². The summed E-state index contributed by atoms with van der Waals surface area (Å²) < 4.78 is 13.0. The molecule has 0 saturated carbocycles. The van der Waals surface area contributed by atoms with E-state index in [1.807, 2.05) is 12.1 Å². The molecule has 14 heavy (non-hydrogen) atoms. The maximum atomic E-state index is 13.0. The largest absolute Gasteiger partial charge is 0.207 e. The number of halogens is 1. The maximum Gasteiger partial charge on any atom is 0.123 e. The highest BCUT2D eigenvalue weighted by molar-refractivity contribution is 5.69. The van der Waals surface area contributed by atoms with E-state index in [-0.39, 0.29) is 5.82 Å². The van der Waals surface area contributed by atoms with Gasteiger partial charge in [-0.2, -0.15) is 0 Å². The number of benzene rings is 1. The summed E-state index contributed by atoms with van der Waals surface area (Å²) in [5.74, 6) is 0.326. The van der Waals surface area contributed by atoms with Crippen molar-refractivity contribution in [1.82, 2.24) is 0 Å². The highest BCUT2D eigenvalue weighted by atomic mass is 19.1. The standard InChI is InChI=1S/C13H13F/c1-10-5-2-3-8-13(10)11-6-4-7-12(14)9-11/h2-4,6-10H,5H2,1H3. The van der Waals surface area contributed by atoms with Gasteiger partial charge in [0.15, 0.2) is 0 Å². The molecule has 0 aliphatic heterocycles. The Hall–Kier alpha value is -1.37. The highest BCUT2D eigenvalue weighted by Gasteiger charge is 2.11. The number of hydrogen-bond acceptors (Lipinski definition) is 0. The summed E-state index contributed by atoms with van der Waals surface area (Å²) >= 11 is 0. The quantitative estimate of drug-likeness (QED) is 0.628. The van der Waals surface area contributed by atoms with Crippen molar-refractivity contribution < 1.29 is 4.39 Å². The zero-order valence-corrected chi connectivity index (χ0v) is 8.20. The summed E-state index contributed by atoms with van der Waals surface area (Å²) in [5, 5.41) is 0. The molecule has 2 rings (SSSR count).